The van der Waals surface area contributed by atoms with E-state index in [0.29, 0.717) is 36.4 Å². The van der Waals surface area contributed by atoms with Gasteiger partial charge in [0.15, 0.2) is 9.84 Å². The molecule has 3 aromatic rings. The average molecular weight is 568 g/mol. The zero-order valence-electron chi connectivity index (χ0n) is 21.9. The predicted molar refractivity (Wildman–Crippen MR) is 142 cm³/mol. The molecule has 0 aromatic heterocycles. The summed E-state index contributed by atoms with van der Waals surface area (Å²) in [5.41, 5.74) is 1.24. The van der Waals surface area contributed by atoms with Gasteiger partial charge in [0.1, 0.15) is 11.6 Å². The maximum absolute atomic E-state index is 13.4. The Bertz CT molecular complexity index is 1330. The van der Waals surface area contributed by atoms with Crippen LogP contribution in [-0.2, 0) is 29.0 Å². The van der Waals surface area contributed by atoms with Crippen LogP contribution in [0.3, 0.4) is 0 Å². The highest BCUT2D eigenvalue weighted by atomic mass is 32.2. The Hall–Kier alpha value is -2.95. The fourth-order valence-electron chi connectivity index (χ4n) is 4.40. The van der Waals surface area contributed by atoms with Gasteiger partial charge in [0.05, 0.1) is 17.1 Å². The van der Waals surface area contributed by atoms with Crippen LogP contribution in [0.15, 0.2) is 71.6 Å². The van der Waals surface area contributed by atoms with Crippen LogP contribution in [0.2, 0.25) is 0 Å². The van der Waals surface area contributed by atoms with Crippen LogP contribution < -0.4 is 4.74 Å². The van der Waals surface area contributed by atoms with Gasteiger partial charge in [-0.05, 0) is 65.8 Å². The Morgan fingerprint density at radius 2 is 1.74 bits per heavy atom. The molecule has 39 heavy (non-hydrogen) atoms. The van der Waals surface area contributed by atoms with E-state index < -0.39 is 21.6 Å². The molecule has 3 aromatic carbocycles. The lowest BCUT2D eigenvalue weighted by Gasteiger charge is -2.26. The van der Waals surface area contributed by atoms with Gasteiger partial charge in [-0.3, -0.25) is 4.90 Å². The zero-order valence-corrected chi connectivity index (χ0v) is 22.7. The number of aliphatic hydroxyl groups is 1. The van der Waals surface area contributed by atoms with Crippen molar-refractivity contribution in [3.05, 3.63) is 94.8 Å². The number of sulfone groups is 1. The molecule has 0 saturated heterocycles. The smallest absolute Gasteiger partial charge is 0.416 e. The van der Waals surface area contributed by atoms with E-state index >= 15 is 0 Å². The molecule has 1 atom stereocenters. The first-order chi connectivity index (χ1) is 18.4. The number of benzene rings is 3. The number of ether oxygens (including phenoxy) is 1. The van der Waals surface area contributed by atoms with E-state index in [9.17, 15) is 31.1 Å². The summed E-state index contributed by atoms with van der Waals surface area (Å²) in [6, 6.07) is 16.1. The molecule has 0 bridgehead atoms. The van der Waals surface area contributed by atoms with E-state index in [4.69, 9.17) is 4.74 Å². The Kier molecular flexibility index (Phi) is 10.5. The minimum Gasteiger partial charge on any atom is -0.494 e. The van der Waals surface area contributed by atoms with E-state index in [1.807, 2.05) is 11.8 Å². The quantitative estimate of drug-likeness (QED) is 0.207. The van der Waals surface area contributed by atoms with Crippen molar-refractivity contribution < 1.29 is 35.8 Å². The topological polar surface area (TPSA) is 66.8 Å². The molecule has 0 aliphatic heterocycles. The predicted octanol–water partition coefficient (Wildman–Crippen LogP) is 5.86. The van der Waals surface area contributed by atoms with E-state index in [-0.39, 0.29) is 42.8 Å². The van der Waals surface area contributed by atoms with E-state index in [1.54, 1.807) is 30.3 Å². The maximum Gasteiger partial charge on any atom is 0.416 e. The van der Waals surface area contributed by atoms with Crippen molar-refractivity contribution in [2.75, 3.05) is 32.6 Å². The molecular formula is C29H33F4NO4S. The average Bonchev–Trinajstić information content (AvgIpc) is 2.87. The molecule has 5 nitrogen and oxygen atoms in total. The molecule has 0 saturated carbocycles. The third kappa shape index (κ3) is 9.33. The summed E-state index contributed by atoms with van der Waals surface area (Å²) in [4.78, 5) is 2.13. The lowest BCUT2D eigenvalue weighted by atomic mass is 10.00. The number of hydrogen-bond acceptors (Lipinski definition) is 5. The third-order valence-corrected chi connectivity index (χ3v) is 7.52. The van der Waals surface area contributed by atoms with Gasteiger partial charge in [0.2, 0.25) is 0 Å². The van der Waals surface area contributed by atoms with Gasteiger partial charge in [0, 0.05) is 32.5 Å². The molecule has 0 fully saturated rings. The maximum atomic E-state index is 13.4. The van der Waals surface area contributed by atoms with Crippen LogP contribution in [0.1, 0.15) is 41.5 Å². The number of aliphatic hydroxyl groups excluding tert-OH is 1. The van der Waals surface area contributed by atoms with Crippen molar-refractivity contribution in [2.45, 2.75) is 43.3 Å². The van der Waals surface area contributed by atoms with Crippen LogP contribution in [-0.4, -0.2) is 51.0 Å². The second kappa shape index (κ2) is 13.4. The monoisotopic (exact) mass is 567 g/mol. The summed E-state index contributed by atoms with van der Waals surface area (Å²) >= 11 is 0. The lowest BCUT2D eigenvalue weighted by molar-refractivity contribution is -0.137. The Morgan fingerprint density at radius 1 is 1.03 bits per heavy atom. The van der Waals surface area contributed by atoms with Gasteiger partial charge in [-0.25, -0.2) is 12.8 Å². The fourth-order valence-corrected chi connectivity index (χ4v) is 5.37. The summed E-state index contributed by atoms with van der Waals surface area (Å²) < 4.78 is 83.2. The van der Waals surface area contributed by atoms with Crippen molar-refractivity contribution in [1.29, 1.82) is 0 Å². The first kappa shape index (κ1) is 30.6. The van der Waals surface area contributed by atoms with Crippen molar-refractivity contribution in [3.63, 3.8) is 0 Å². The highest BCUT2D eigenvalue weighted by molar-refractivity contribution is 7.90. The molecule has 0 heterocycles. The molecule has 3 rings (SSSR count). The number of halogens is 4. The lowest BCUT2D eigenvalue weighted by Crippen LogP contribution is -2.29. The normalized spacial score (nSPS) is 13.0. The fraction of sp³-hybridized carbons (Fsp3) is 0.379. The number of alkyl halides is 3. The van der Waals surface area contributed by atoms with Crippen LogP contribution in [0.5, 0.6) is 5.75 Å². The highest BCUT2D eigenvalue weighted by Crippen LogP contribution is 2.30. The molecule has 0 amide bonds. The van der Waals surface area contributed by atoms with Crippen molar-refractivity contribution >= 4 is 9.84 Å². The second-order valence-corrected chi connectivity index (χ2v) is 11.6. The van der Waals surface area contributed by atoms with Gasteiger partial charge < -0.3 is 9.84 Å². The first-order valence-corrected chi connectivity index (χ1v) is 14.5. The van der Waals surface area contributed by atoms with Crippen LogP contribution in [0.25, 0.3) is 0 Å². The number of nitrogens with zero attached hydrogens (tertiary/aromatic N) is 1. The van der Waals surface area contributed by atoms with Crippen molar-refractivity contribution in [2.24, 2.45) is 0 Å². The van der Waals surface area contributed by atoms with Crippen molar-refractivity contribution in [1.82, 2.24) is 4.90 Å². The third-order valence-electron chi connectivity index (χ3n) is 6.34. The Balaban J connectivity index is 1.70. The van der Waals surface area contributed by atoms with Gasteiger partial charge in [0.25, 0.3) is 0 Å². The molecule has 1 unspecified atom stereocenters. The highest BCUT2D eigenvalue weighted by Gasteiger charge is 2.30. The second-order valence-electron chi connectivity index (χ2n) is 9.60. The van der Waals surface area contributed by atoms with Crippen molar-refractivity contribution in [3.8, 4) is 5.75 Å². The van der Waals surface area contributed by atoms with Gasteiger partial charge in [-0.15, -0.1) is 0 Å². The standard InChI is InChI=1S/C29H33F4NO4S/c1-21(23-7-10-26(30)11-8-23)19-34(20-22-5-3-6-25(17-22)29(31,32)33)14-4-16-38-27-12-9-24(13-15-35)28(18-27)39(2,36)37/h3,5-12,17-18,21,35H,4,13-16,19-20H2,1-2H3. The molecule has 0 aliphatic carbocycles. The molecule has 0 radical (unpaired) electrons. The van der Waals surface area contributed by atoms with E-state index in [0.717, 1.165) is 24.0 Å². The van der Waals surface area contributed by atoms with Gasteiger partial charge >= 0.3 is 6.18 Å². The van der Waals surface area contributed by atoms with E-state index in [2.05, 4.69) is 0 Å². The van der Waals surface area contributed by atoms with Gasteiger partial charge in [-0.1, -0.05) is 43.3 Å². The molecule has 212 valence electrons. The Morgan fingerprint density at radius 3 is 2.38 bits per heavy atom. The van der Waals surface area contributed by atoms with Crippen LogP contribution >= 0.6 is 0 Å². The summed E-state index contributed by atoms with van der Waals surface area (Å²) in [6.45, 7) is 3.36. The molecule has 0 aliphatic rings. The Labute approximate surface area is 227 Å². The number of rotatable bonds is 13. The van der Waals surface area contributed by atoms with Crippen LogP contribution in [0, 0.1) is 5.82 Å². The summed E-state index contributed by atoms with van der Waals surface area (Å²) in [6.07, 6.45) is -2.60. The summed E-state index contributed by atoms with van der Waals surface area (Å²) in [5.74, 6) is 0.0299. The molecule has 1 N–H and O–H groups in total. The van der Waals surface area contributed by atoms with Crippen LogP contribution in [0.4, 0.5) is 17.6 Å². The molecule has 10 heteroatoms. The summed E-state index contributed by atoms with van der Waals surface area (Å²) in [5, 5.41) is 9.21. The first-order valence-electron chi connectivity index (χ1n) is 12.6. The van der Waals surface area contributed by atoms with Gasteiger partial charge in [-0.2, -0.15) is 13.2 Å². The summed E-state index contributed by atoms with van der Waals surface area (Å²) in [7, 11) is -3.52. The number of hydrogen-bond donors (Lipinski definition) is 1. The molecule has 0 spiro atoms. The van der Waals surface area contributed by atoms with E-state index in [1.165, 1.54) is 24.3 Å². The zero-order chi connectivity index (χ0) is 28.6. The minimum atomic E-state index is -4.44. The molecular weight excluding hydrogens is 534 g/mol. The largest absolute Gasteiger partial charge is 0.494 e. The minimum absolute atomic E-state index is 0.00583. The SMILES string of the molecule is CC(CN(CCCOc1ccc(CCO)c(S(C)(=O)=O)c1)Cc1cccc(C(F)(F)F)c1)c1ccc(F)cc1.